The molecule has 4 heteroatoms. The molecule has 84 valence electrons. The third kappa shape index (κ3) is 2.79. The van der Waals surface area contributed by atoms with Crippen molar-refractivity contribution in [3.8, 4) is 0 Å². The number of hydrogen-bond donors (Lipinski definition) is 1. The van der Waals surface area contributed by atoms with Crippen molar-refractivity contribution in [1.82, 2.24) is 4.98 Å². The summed E-state index contributed by atoms with van der Waals surface area (Å²) in [5, 5.41) is 4.38. The standard InChI is InChI=1S/C12H13FN2S/c1-2-12-15-8-11(16-12)7-14-10-5-3-9(13)4-6-10/h3-6,8,14H,2,7H2,1H3. The van der Waals surface area contributed by atoms with Crippen LogP contribution in [0.1, 0.15) is 16.8 Å². The fourth-order valence-corrected chi connectivity index (χ4v) is 2.15. The van der Waals surface area contributed by atoms with Gasteiger partial charge in [-0.2, -0.15) is 0 Å². The second-order valence-electron chi connectivity index (χ2n) is 3.43. The Bertz CT molecular complexity index is 450. The quantitative estimate of drug-likeness (QED) is 0.879. The molecule has 0 unspecified atom stereocenters. The van der Waals surface area contributed by atoms with E-state index in [1.165, 1.54) is 17.0 Å². The first kappa shape index (κ1) is 11.1. The predicted octanol–water partition coefficient (Wildman–Crippen LogP) is 3.46. The summed E-state index contributed by atoms with van der Waals surface area (Å²) in [5.41, 5.74) is 0.924. The number of nitrogens with zero attached hydrogens (tertiary/aromatic N) is 1. The van der Waals surface area contributed by atoms with E-state index in [2.05, 4.69) is 17.2 Å². The highest BCUT2D eigenvalue weighted by atomic mass is 32.1. The Labute approximate surface area is 98.2 Å². The summed E-state index contributed by atoms with van der Waals surface area (Å²) in [5.74, 6) is -0.211. The van der Waals surface area contributed by atoms with E-state index < -0.39 is 0 Å². The van der Waals surface area contributed by atoms with Gasteiger partial charge in [0.2, 0.25) is 0 Å². The summed E-state index contributed by atoms with van der Waals surface area (Å²) >= 11 is 1.71. The Morgan fingerprint density at radius 2 is 2.06 bits per heavy atom. The third-order valence-corrected chi connectivity index (χ3v) is 3.36. The van der Waals surface area contributed by atoms with Gasteiger partial charge in [0.25, 0.3) is 0 Å². The SMILES string of the molecule is CCc1ncc(CNc2ccc(F)cc2)s1. The van der Waals surface area contributed by atoms with Gasteiger partial charge in [0, 0.05) is 16.8 Å². The molecule has 0 fully saturated rings. The molecule has 0 amide bonds. The van der Waals surface area contributed by atoms with Crippen LogP contribution < -0.4 is 5.32 Å². The number of rotatable bonds is 4. The minimum atomic E-state index is -0.211. The number of nitrogens with one attached hydrogen (secondary N) is 1. The van der Waals surface area contributed by atoms with Crippen LogP contribution >= 0.6 is 11.3 Å². The van der Waals surface area contributed by atoms with E-state index in [0.29, 0.717) is 0 Å². The van der Waals surface area contributed by atoms with Gasteiger partial charge in [-0.15, -0.1) is 11.3 Å². The van der Waals surface area contributed by atoms with Crippen molar-refractivity contribution in [3.63, 3.8) is 0 Å². The maximum atomic E-state index is 12.7. The molecule has 16 heavy (non-hydrogen) atoms. The van der Waals surface area contributed by atoms with Crippen LogP contribution in [0.2, 0.25) is 0 Å². The molecule has 1 aromatic heterocycles. The average Bonchev–Trinajstić information content (AvgIpc) is 2.76. The van der Waals surface area contributed by atoms with Crippen LogP contribution in [0.3, 0.4) is 0 Å². The summed E-state index contributed by atoms with van der Waals surface area (Å²) < 4.78 is 12.7. The van der Waals surface area contributed by atoms with Gasteiger partial charge in [-0.25, -0.2) is 9.37 Å². The molecule has 0 bridgehead atoms. The summed E-state index contributed by atoms with van der Waals surface area (Å²) in [6, 6.07) is 6.37. The van der Waals surface area contributed by atoms with E-state index in [9.17, 15) is 4.39 Å². The van der Waals surface area contributed by atoms with Crippen LogP contribution in [0.15, 0.2) is 30.5 Å². The van der Waals surface area contributed by atoms with E-state index in [1.807, 2.05) is 6.20 Å². The molecule has 0 spiro atoms. The number of hydrogen-bond acceptors (Lipinski definition) is 3. The van der Waals surface area contributed by atoms with E-state index in [4.69, 9.17) is 0 Å². The highest BCUT2D eigenvalue weighted by molar-refractivity contribution is 7.11. The summed E-state index contributed by atoms with van der Waals surface area (Å²) in [6.07, 6.45) is 2.86. The normalized spacial score (nSPS) is 10.4. The van der Waals surface area contributed by atoms with Crippen LogP contribution in [-0.2, 0) is 13.0 Å². The highest BCUT2D eigenvalue weighted by Crippen LogP contribution is 2.16. The van der Waals surface area contributed by atoms with Crippen LogP contribution in [0, 0.1) is 5.82 Å². The van der Waals surface area contributed by atoms with Crippen LogP contribution in [-0.4, -0.2) is 4.98 Å². The zero-order valence-corrected chi connectivity index (χ0v) is 9.85. The minimum absolute atomic E-state index is 0.211. The van der Waals surface area contributed by atoms with E-state index in [1.54, 1.807) is 23.5 Å². The van der Waals surface area contributed by atoms with Crippen molar-refractivity contribution in [1.29, 1.82) is 0 Å². The Hall–Kier alpha value is -1.42. The number of aromatic nitrogens is 1. The van der Waals surface area contributed by atoms with Gasteiger partial charge in [-0.1, -0.05) is 6.92 Å². The first-order valence-corrected chi connectivity index (χ1v) is 6.02. The molecule has 1 aromatic carbocycles. The molecule has 0 aliphatic carbocycles. The Balaban J connectivity index is 1.94. The molecule has 1 heterocycles. The van der Waals surface area contributed by atoms with Crippen LogP contribution in [0.4, 0.5) is 10.1 Å². The van der Waals surface area contributed by atoms with Crippen LogP contribution in [0.25, 0.3) is 0 Å². The van der Waals surface area contributed by atoms with E-state index >= 15 is 0 Å². The topological polar surface area (TPSA) is 24.9 Å². The fourth-order valence-electron chi connectivity index (χ4n) is 1.35. The van der Waals surface area contributed by atoms with Gasteiger partial charge in [0.15, 0.2) is 0 Å². The first-order chi connectivity index (χ1) is 7.78. The second-order valence-corrected chi connectivity index (χ2v) is 4.63. The Morgan fingerprint density at radius 3 is 2.69 bits per heavy atom. The smallest absolute Gasteiger partial charge is 0.123 e. The molecular weight excluding hydrogens is 223 g/mol. The van der Waals surface area contributed by atoms with Gasteiger partial charge in [0.1, 0.15) is 5.82 Å². The number of benzene rings is 1. The summed E-state index contributed by atoms with van der Waals surface area (Å²) in [6.45, 7) is 2.83. The zero-order valence-electron chi connectivity index (χ0n) is 9.03. The van der Waals surface area contributed by atoms with Gasteiger partial charge in [-0.3, -0.25) is 0 Å². The molecule has 2 rings (SSSR count). The molecule has 2 nitrogen and oxygen atoms in total. The van der Waals surface area contributed by atoms with Crippen molar-refractivity contribution in [3.05, 3.63) is 46.2 Å². The van der Waals surface area contributed by atoms with Crippen molar-refractivity contribution >= 4 is 17.0 Å². The molecule has 1 N–H and O–H groups in total. The highest BCUT2D eigenvalue weighted by Gasteiger charge is 2.00. The maximum Gasteiger partial charge on any atom is 0.123 e. The first-order valence-electron chi connectivity index (χ1n) is 5.21. The molecule has 2 aromatic rings. The number of aryl methyl sites for hydroxylation is 1. The molecule has 0 aliphatic heterocycles. The summed E-state index contributed by atoms with van der Waals surface area (Å²) in [4.78, 5) is 5.48. The fraction of sp³-hybridized carbons (Fsp3) is 0.250. The van der Waals surface area contributed by atoms with Gasteiger partial charge in [-0.05, 0) is 30.7 Å². The minimum Gasteiger partial charge on any atom is -0.380 e. The maximum absolute atomic E-state index is 12.7. The summed E-state index contributed by atoms with van der Waals surface area (Å²) in [7, 11) is 0. The Morgan fingerprint density at radius 1 is 1.31 bits per heavy atom. The Kier molecular flexibility index (Phi) is 3.51. The van der Waals surface area contributed by atoms with Crippen molar-refractivity contribution in [2.24, 2.45) is 0 Å². The lowest BCUT2D eigenvalue weighted by Crippen LogP contribution is -1.96. The molecule has 0 aliphatic rings. The third-order valence-electron chi connectivity index (χ3n) is 2.21. The predicted molar refractivity (Wildman–Crippen MR) is 65.2 cm³/mol. The van der Waals surface area contributed by atoms with Crippen molar-refractivity contribution in [2.45, 2.75) is 19.9 Å². The van der Waals surface area contributed by atoms with E-state index in [0.717, 1.165) is 23.7 Å². The van der Waals surface area contributed by atoms with Crippen LogP contribution in [0.5, 0.6) is 0 Å². The van der Waals surface area contributed by atoms with Gasteiger partial charge < -0.3 is 5.32 Å². The molecule has 0 radical (unpaired) electrons. The van der Waals surface area contributed by atoms with Gasteiger partial charge >= 0.3 is 0 Å². The zero-order chi connectivity index (χ0) is 11.4. The second kappa shape index (κ2) is 5.07. The van der Waals surface area contributed by atoms with E-state index in [-0.39, 0.29) is 5.82 Å². The average molecular weight is 236 g/mol. The number of anilines is 1. The monoisotopic (exact) mass is 236 g/mol. The molecular formula is C12H13FN2S. The lowest BCUT2D eigenvalue weighted by molar-refractivity contribution is 0.628. The van der Waals surface area contributed by atoms with Crippen molar-refractivity contribution < 1.29 is 4.39 Å². The number of halogens is 1. The lowest BCUT2D eigenvalue weighted by Gasteiger charge is -2.03. The van der Waals surface area contributed by atoms with Gasteiger partial charge in [0.05, 0.1) is 11.6 Å². The van der Waals surface area contributed by atoms with Crippen molar-refractivity contribution in [2.75, 3.05) is 5.32 Å². The lowest BCUT2D eigenvalue weighted by atomic mass is 10.3. The largest absolute Gasteiger partial charge is 0.380 e. The molecule has 0 saturated carbocycles. The molecule has 0 atom stereocenters. The molecule has 0 saturated heterocycles. The number of thiazole rings is 1.